The minimum Gasteiger partial charge on any atom is -0.497 e. The van der Waals surface area contributed by atoms with Crippen molar-refractivity contribution in [3.63, 3.8) is 0 Å². The third kappa shape index (κ3) is 2.48. The summed E-state index contributed by atoms with van der Waals surface area (Å²) in [5.74, 6) is 1.64. The van der Waals surface area contributed by atoms with E-state index >= 15 is 0 Å². The minimum atomic E-state index is 0.659. The number of ether oxygens (including phenoxy) is 1. The van der Waals surface area contributed by atoms with E-state index in [-0.39, 0.29) is 0 Å². The zero-order valence-electron chi connectivity index (χ0n) is 11.9. The first-order chi connectivity index (χ1) is 10.2. The van der Waals surface area contributed by atoms with Crippen LogP contribution in [0.2, 0.25) is 0 Å². The highest BCUT2D eigenvalue weighted by Crippen LogP contribution is 2.24. The molecule has 0 saturated heterocycles. The van der Waals surface area contributed by atoms with Crippen LogP contribution in [0.15, 0.2) is 54.6 Å². The van der Waals surface area contributed by atoms with Gasteiger partial charge in [-0.3, -0.25) is 4.57 Å². The lowest BCUT2D eigenvalue weighted by Crippen LogP contribution is -1.97. The molecular weight excluding hydrogens is 282 g/mol. The molecule has 1 aromatic heterocycles. The zero-order valence-corrected chi connectivity index (χ0v) is 12.7. The summed E-state index contributed by atoms with van der Waals surface area (Å²) >= 11 is 5.48. The van der Waals surface area contributed by atoms with Crippen molar-refractivity contribution >= 4 is 12.2 Å². The van der Waals surface area contributed by atoms with E-state index in [2.05, 4.69) is 5.10 Å². The molecule has 5 heteroatoms. The highest BCUT2D eigenvalue weighted by molar-refractivity contribution is 7.71. The molecule has 0 N–H and O–H groups in total. The summed E-state index contributed by atoms with van der Waals surface area (Å²) in [6, 6.07) is 17.8. The molecule has 21 heavy (non-hydrogen) atoms. The molecule has 2 aromatic carbocycles. The molecule has 0 amide bonds. The molecule has 0 bridgehead atoms. The predicted octanol–water partition coefficient (Wildman–Crippen LogP) is 3.62. The molecule has 0 atom stereocenters. The molecule has 0 aliphatic rings. The molecule has 3 rings (SSSR count). The number of para-hydroxylation sites is 1. The lowest BCUT2D eigenvalue weighted by Gasteiger charge is -2.07. The molecule has 0 fully saturated rings. The van der Waals surface area contributed by atoms with E-state index in [9.17, 15) is 0 Å². The van der Waals surface area contributed by atoms with Gasteiger partial charge in [0.1, 0.15) is 5.75 Å². The summed E-state index contributed by atoms with van der Waals surface area (Å²) in [7, 11) is 3.51. The monoisotopic (exact) mass is 297 g/mol. The fourth-order valence-electron chi connectivity index (χ4n) is 2.20. The Bertz CT molecular complexity index is 804. The molecule has 0 radical (unpaired) electrons. The van der Waals surface area contributed by atoms with E-state index in [0.29, 0.717) is 4.77 Å². The fraction of sp³-hybridized carbons (Fsp3) is 0.125. The van der Waals surface area contributed by atoms with Crippen molar-refractivity contribution in [1.82, 2.24) is 14.3 Å². The summed E-state index contributed by atoms with van der Waals surface area (Å²) in [6.45, 7) is 0. The molecule has 0 saturated carbocycles. The molecule has 0 unspecified atom stereocenters. The Balaban J connectivity index is 2.19. The van der Waals surface area contributed by atoms with Gasteiger partial charge < -0.3 is 4.74 Å². The van der Waals surface area contributed by atoms with Gasteiger partial charge in [0.05, 0.1) is 7.11 Å². The number of aryl methyl sites for hydroxylation is 1. The maximum absolute atomic E-state index is 5.48. The second-order valence-corrected chi connectivity index (χ2v) is 4.99. The van der Waals surface area contributed by atoms with Crippen molar-refractivity contribution in [2.75, 3.05) is 7.11 Å². The van der Waals surface area contributed by atoms with Crippen molar-refractivity contribution in [1.29, 1.82) is 0 Å². The number of rotatable bonds is 3. The van der Waals surface area contributed by atoms with Crippen LogP contribution in [0.1, 0.15) is 0 Å². The summed E-state index contributed by atoms with van der Waals surface area (Å²) < 4.78 is 9.53. The number of hydrogen-bond donors (Lipinski definition) is 0. The maximum Gasteiger partial charge on any atom is 0.202 e. The van der Waals surface area contributed by atoms with E-state index < -0.39 is 0 Å². The predicted molar refractivity (Wildman–Crippen MR) is 85.4 cm³/mol. The minimum absolute atomic E-state index is 0.659. The van der Waals surface area contributed by atoms with E-state index in [1.807, 2.05) is 66.2 Å². The third-order valence-electron chi connectivity index (χ3n) is 3.29. The second-order valence-electron chi connectivity index (χ2n) is 4.63. The Morgan fingerprint density at radius 3 is 2.29 bits per heavy atom. The van der Waals surface area contributed by atoms with Gasteiger partial charge in [-0.05, 0) is 48.6 Å². The first kappa shape index (κ1) is 13.6. The van der Waals surface area contributed by atoms with Gasteiger partial charge >= 0.3 is 0 Å². The van der Waals surface area contributed by atoms with Gasteiger partial charge in [0, 0.05) is 18.3 Å². The van der Waals surface area contributed by atoms with Gasteiger partial charge in [-0.15, -0.1) is 0 Å². The van der Waals surface area contributed by atoms with Crippen LogP contribution in [-0.2, 0) is 7.05 Å². The van der Waals surface area contributed by atoms with Crippen LogP contribution in [0.5, 0.6) is 5.75 Å². The Labute approximate surface area is 128 Å². The Kier molecular flexibility index (Phi) is 3.58. The molecule has 0 spiro atoms. The van der Waals surface area contributed by atoms with Crippen molar-refractivity contribution in [2.45, 2.75) is 0 Å². The summed E-state index contributed by atoms with van der Waals surface area (Å²) in [5.41, 5.74) is 1.99. The van der Waals surface area contributed by atoms with Gasteiger partial charge in [0.25, 0.3) is 0 Å². The standard InChI is InChI=1S/C16H15N3OS/c1-18-16(21)19(13-6-4-3-5-7-13)15(17-18)12-8-10-14(20-2)11-9-12/h3-11H,1-2H3. The van der Waals surface area contributed by atoms with Gasteiger partial charge in [0.2, 0.25) is 4.77 Å². The number of methoxy groups -OCH3 is 1. The van der Waals surface area contributed by atoms with Crippen LogP contribution in [0, 0.1) is 4.77 Å². The smallest absolute Gasteiger partial charge is 0.202 e. The molecule has 106 valence electrons. The SMILES string of the molecule is COc1ccc(-c2nn(C)c(=S)n2-c2ccccc2)cc1. The number of hydrogen-bond acceptors (Lipinski definition) is 3. The van der Waals surface area contributed by atoms with Crippen molar-refractivity contribution < 1.29 is 4.74 Å². The van der Waals surface area contributed by atoms with Crippen molar-refractivity contribution in [3.8, 4) is 22.8 Å². The summed E-state index contributed by atoms with van der Waals surface area (Å²) in [5, 5.41) is 4.55. The number of nitrogens with zero attached hydrogens (tertiary/aromatic N) is 3. The third-order valence-corrected chi connectivity index (χ3v) is 3.73. The van der Waals surface area contributed by atoms with Crippen molar-refractivity contribution in [2.24, 2.45) is 7.05 Å². The molecule has 1 heterocycles. The van der Waals surface area contributed by atoms with Gasteiger partial charge in [-0.1, -0.05) is 18.2 Å². The average molecular weight is 297 g/mol. The van der Waals surface area contributed by atoms with E-state index in [1.54, 1.807) is 11.8 Å². The Hall–Kier alpha value is -2.40. The highest BCUT2D eigenvalue weighted by atomic mass is 32.1. The van der Waals surface area contributed by atoms with Crippen LogP contribution in [0.25, 0.3) is 17.1 Å². The van der Waals surface area contributed by atoms with Crippen LogP contribution in [-0.4, -0.2) is 21.5 Å². The molecular formula is C16H15N3OS. The first-order valence-corrected chi connectivity index (χ1v) is 6.97. The average Bonchev–Trinajstić information content (AvgIpc) is 2.84. The Morgan fingerprint density at radius 1 is 1.00 bits per heavy atom. The van der Waals surface area contributed by atoms with Crippen LogP contribution < -0.4 is 4.74 Å². The fourth-order valence-corrected chi connectivity index (χ4v) is 2.43. The quantitative estimate of drug-likeness (QED) is 0.692. The topological polar surface area (TPSA) is 32.0 Å². The van der Waals surface area contributed by atoms with Crippen LogP contribution in [0.4, 0.5) is 0 Å². The second kappa shape index (κ2) is 5.54. The summed E-state index contributed by atoms with van der Waals surface area (Å²) in [4.78, 5) is 0. The lowest BCUT2D eigenvalue weighted by atomic mass is 10.2. The van der Waals surface area contributed by atoms with Crippen LogP contribution >= 0.6 is 12.2 Å². The zero-order chi connectivity index (χ0) is 14.8. The lowest BCUT2D eigenvalue weighted by molar-refractivity contribution is 0.415. The normalized spacial score (nSPS) is 10.6. The molecule has 4 nitrogen and oxygen atoms in total. The van der Waals surface area contributed by atoms with Gasteiger partial charge in [-0.2, -0.15) is 5.10 Å². The first-order valence-electron chi connectivity index (χ1n) is 6.56. The Morgan fingerprint density at radius 2 is 1.67 bits per heavy atom. The molecule has 0 aliphatic heterocycles. The molecule has 0 aliphatic carbocycles. The maximum atomic E-state index is 5.48. The van der Waals surface area contributed by atoms with Crippen LogP contribution in [0.3, 0.4) is 0 Å². The van der Waals surface area contributed by atoms with E-state index in [1.165, 1.54) is 0 Å². The van der Waals surface area contributed by atoms with Gasteiger partial charge in [-0.25, -0.2) is 4.68 Å². The number of aromatic nitrogens is 3. The summed E-state index contributed by atoms with van der Waals surface area (Å²) in [6.07, 6.45) is 0. The number of benzene rings is 2. The largest absolute Gasteiger partial charge is 0.497 e. The highest BCUT2D eigenvalue weighted by Gasteiger charge is 2.12. The van der Waals surface area contributed by atoms with Gasteiger partial charge in [0.15, 0.2) is 5.82 Å². The van der Waals surface area contributed by atoms with Crippen molar-refractivity contribution in [3.05, 3.63) is 59.4 Å². The van der Waals surface area contributed by atoms with E-state index in [4.69, 9.17) is 17.0 Å². The van der Waals surface area contributed by atoms with E-state index in [0.717, 1.165) is 22.8 Å². The molecule has 3 aromatic rings.